The average molecular weight is 142 g/mol. The first-order chi connectivity index (χ1) is 4.86. The second-order valence-electron chi connectivity index (χ2n) is 3.01. The Morgan fingerprint density at radius 1 is 1.30 bits per heavy atom. The zero-order valence-corrected chi connectivity index (χ0v) is 7.06. The van der Waals surface area contributed by atoms with Gasteiger partial charge in [0.2, 0.25) is 0 Å². The Kier molecular flexibility index (Phi) is 3.16. The summed E-state index contributed by atoms with van der Waals surface area (Å²) < 4.78 is 0. The molecule has 1 fully saturated rings. The van der Waals surface area contributed by atoms with Crippen LogP contribution < -0.4 is 5.32 Å². The van der Waals surface area contributed by atoms with Gasteiger partial charge in [-0.3, -0.25) is 0 Å². The molecule has 2 nitrogen and oxygen atoms in total. The molecule has 0 atom stereocenters. The monoisotopic (exact) mass is 142 g/mol. The van der Waals surface area contributed by atoms with E-state index >= 15 is 0 Å². The lowest BCUT2D eigenvalue weighted by molar-refractivity contribution is 0.207. The average Bonchev–Trinajstić information content (AvgIpc) is 1.87. The normalized spacial score (nSPS) is 19.5. The highest BCUT2D eigenvalue weighted by Crippen LogP contribution is 2.04. The SMILES string of the molecule is CCN(CC)CC1CNC1. The highest BCUT2D eigenvalue weighted by molar-refractivity contribution is 4.77. The lowest BCUT2D eigenvalue weighted by Gasteiger charge is -2.32. The zero-order chi connectivity index (χ0) is 7.40. The van der Waals surface area contributed by atoms with Gasteiger partial charge in [-0.2, -0.15) is 0 Å². The molecule has 0 unspecified atom stereocenters. The molecule has 0 aliphatic carbocycles. The zero-order valence-electron chi connectivity index (χ0n) is 7.06. The van der Waals surface area contributed by atoms with Gasteiger partial charge in [0.05, 0.1) is 0 Å². The van der Waals surface area contributed by atoms with Crippen LogP contribution in [0.1, 0.15) is 13.8 Å². The summed E-state index contributed by atoms with van der Waals surface area (Å²) in [6, 6.07) is 0. The van der Waals surface area contributed by atoms with Crippen LogP contribution in [-0.2, 0) is 0 Å². The summed E-state index contributed by atoms with van der Waals surface area (Å²) in [5.74, 6) is 0.930. The predicted molar refractivity (Wildman–Crippen MR) is 44.1 cm³/mol. The molecule has 0 radical (unpaired) electrons. The fraction of sp³-hybridized carbons (Fsp3) is 1.00. The molecule has 0 amide bonds. The maximum atomic E-state index is 3.29. The summed E-state index contributed by atoms with van der Waals surface area (Å²) in [6.07, 6.45) is 0. The predicted octanol–water partition coefficient (Wildman–Crippen LogP) is 0.548. The summed E-state index contributed by atoms with van der Waals surface area (Å²) in [4.78, 5) is 2.49. The Bertz CT molecular complexity index is 85.3. The van der Waals surface area contributed by atoms with Crippen LogP contribution in [0.2, 0.25) is 0 Å². The molecular weight excluding hydrogens is 124 g/mol. The fourth-order valence-corrected chi connectivity index (χ4v) is 1.32. The Balaban J connectivity index is 2.08. The van der Waals surface area contributed by atoms with E-state index in [1.807, 2.05) is 0 Å². The van der Waals surface area contributed by atoms with Gasteiger partial charge in [0.1, 0.15) is 0 Å². The first-order valence-electron chi connectivity index (χ1n) is 4.29. The van der Waals surface area contributed by atoms with Crippen molar-refractivity contribution >= 4 is 0 Å². The van der Waals surface area contributed by atoms with Crippen LogP contribution >= 0.6 is 0 Å². The Hall–Kier alpha value is -0.0800. The van der Waals surface area contributed by atoms with Crippen molar-refractivity contribution in [1.29, 1.82) is 0 Å². The van der Waals surface area contributed by atoms with E-state index in [4.69, 9.17) is 0 Å². The Morgan fingerprint density at radius 3 is 2.20 bits per heavy atom. The molecule has 1 rings (SSSR count). The molecule has 0 aromatic rings. The second kappa shape index (κ2) is 3.94. The molecule has 0 spiro atoms. The number of nitrogens with one attached hydrogen (secondary N) is 1. The molecule has 1 heterocycles. The molecular formula is C8H18N2. The van der Waals surface area contributed by atoms with Gasteiger partial charge in [0.25, 0.3) is 0 Å². The van der Waals surface area contributed by atoms with E-state index in [0.29, 0.717) is 0 Å². The minimum absolute atomic E-state index is 0.930. The molecule has 10 heavy (non-hydrogen) atoms. The first kappa shape index (κ1) is 8.02. The molecule has 0 aromatic heterocycles. The minimum Gasteiger partial charge on any atom is -0.316 e. The largest absolute Gasteiger partial charge is 0.316 e. The molecule has 1 N–H and O–H groups in total. The highest BCUT2D eigenvalue weighted by atomic mass is 15.1. The van der Waals surface area contributed by atoms with Crippen molar-refractivity contribution in [3.05, 3.63) is 0 Å². The fourth-order valence-electron chi connectivity index (χ4n) is 1.32. The summed E-state index contributed by atoms with van der Waals surface area (Å²) >= 11 is 0. The van der Waals surface area contributed by atoms with Crippen molar-refractivity contribution in [2.75, 3.05) is 32.7 Å². The van der Waals surface area contributed by atoms with Crippen LogP contribution in [0.25, 0.3) is 0 Å². The smallest absolute Gasteiger partial charge is 0.00337 e. The van der Waals surface area contributed by atoms with Gasteiger partial charge < -0.3 is 10.2 Å². The van der Waals surface area contributed by atoms with Gasteiger partial charge in [-0.25, -0.2) is 0 Å². The molecule has 60 valence electrons. The molecule has 0 bridgehead atoms. The third kappa shape index (κ3) is 1.96. The van der Waals surface area contributed by atoms with Crippen LogP contribution in [0.3, 0.4) is 0 Å². The molecule has 0 aromatic carbocycles. The molecule has 1 saturated heterocycles. The summed E-state index contributed by atoms with van der Waals surface area (Å²) in [6.45, 7) is 10.6. The van der Waals surface area contributed by atoms with E-state index < -0.39 is 0 Å². The molecule has 2 heteroatoms. The standard InChI is InChI=1S/C8H18N2/c1-3-10(4-2)7-8-5-9-6-8/h8-9H,3-7H2,1-2H3. The molecule has 1 aliphatic rings. The van der Waals surface area contributed by atoms with Crippen LogP contribution in [0.4, 0.5) is 0 Å². The quantitative estimate of drug-likeness (QED) is 0.616. The van der Waals surface area contributed by atoms with E-state index in [1.54, 1.807) is 0 Å². The van der Waals surface area contributed by atoms with Gasteiger partial charge in [0, 0.05) is 19.6 Å². The third-order valence-electron chi connectivity index (χ3n) is 2.28. The molecule has 0 saturated carbocycles. The van der Waals surface area contributed by atoms with E-state index in [2.05, 4.69) is 24.1 Å². The van der Waals surface area contributed by atoms with E-state index in [-0.39, 0.29) is 0 Å². The molecule has 1 aliphatic heterocycles. The van der Waals surface area contributed by atoms with Crippen LogP contribution in [0.15, 0.2) is 0 Å². The van der Waals surface area contributed by atoms with Crippen molar-refractivity contribution in [3.8, 4) is 0 Å². The van der Waals surface area contributed by atoms with Crippen LogP contribution in [0, 0.1) is 5.92 Å². The second-order valence-corrected chi connectivity index (χ2v) is 3.01. The van der Waals surface area contributed by atoms with Gasteiger partial charge in [-0.15, -0.1) is 0 Å². The van der Waals surface area contributed by atoms with Gasteiger partial charge >= 0.3 is 0 Å². The maximum Gasteiger partial charge on any atom is 0.00337 e. The van der Waals surface area contributed by atoms with Gasteiger partial charge in [0.15, 0.2) is 0 Å². The number of rotatable bonds is 4. The van der Waals surface area contributed by atoms with E-state index in [1.165, 1.54) is 32.7 Å². The highest BCUT2D eigenvalue weighted by Gasteiger charge is 2.18. The van der Waals surface area contributed by atoms with Crippen molar-refractivity contribution < 1.29 is 0 Å². The van der Waals surface area contributed by atoms with Crippen molar-refractivity contribution in [2.24, 2.45) is 5.92 Å². The Morgan fingerprint density at radius 2 is 1.90 bits per heavy atom. The number of nitrogens with zero attached hydrogens (tertiary/aromatic N) is 1. The van der Waals surface area contributed by atoms with Gasteiger partial charge in [-0.1, -0.05) is 13.8 Å². The lowest BCUT2D eigenvalue weighted by atomic mass is 10.0. The van der Waals surface area contributed by atoms with Crippen molar-refractivity contribution in [2.45, 2.75) is 13.8 Å². The topological polar surface area (TPSA) is 15.3 Å². The minimum atomic E-state index is 0.930. The van der Waals surface area contributed by atoms with Crippen LogP contribution in [0.5, 0.6) is 0 Å². The maximum absolute atomic E-state index is 3.29. The summed E-state index contributed by atoms with van der Waals surface area (Å²) in [7, 11) is 0. The first-order valence-corrected chi connectivity index (χ1v) is 4.29. The summed E-state index contributed by atoms with van der Waals surface area (Å²) in [5.41, 5.74) is 0. The number of hydrogen-bond acceptors (Lipinski definition) is 2. The van der Waals surface area contributed by atoms with E-state index in [0.717, 1.165) is 5.92 Å². The third-order valence-corrected chi connectivity index (χ3v) is 2.28. The van der Waals surface area contributed by atoms with Gasteiger partial charge in [-0.05, 0) is 19.0 Å². The number of hydrogen-bond donors (Lipinski definition) is 1. The lowest BCUT2D eigenvalue weighted by Crippen LogP contribution is -2.48. The van der Waals surface area contributed by atoms with Crippen LogP contribution in [-0.4, -0.2) is 37.6 Å². The Labute approximate surface area is 63.6 Å². The van der Waals surface area contributed by atoms with E-state index in [9.17, 15) is 0 Å². The van der Waals surface area contributed by atoms with Crippen molar-refractivity contribution in [1.82, 2.24) is 10.2 Å². The van der Waals surface area contributed by atoms with Crippen molar-refractivity contribution in [3.63, 3.8) is 0 Å². The summed E-state index contributed by atoms with van der Waals surface area (Å²) in [5, 5.41) is 3.29.